The van der Waals surface area contributed by atoms with E-state index < -0.39 is 0 Å². The number of unbranched alkanes of at least 4 members (excludes halogenated alkanes) is 1. The Balaban J connectivity index is 1.89. The number of hydrogen-bond donors (Lipinski definition) is 2. The number of hydrogen-bond acceptors (Lipinski definition) is 4. The van der Waals surface area contributed by atoms with Gasteiger partial charge in [-0.3, -0.25) is 0 Å². The molecule has 0 unspecified atom stereocenters. The van der Waals surface area contributed by atoms with Crippen LogP contribution in [0.3, 0.4) is 0 Å². The molecule has 2 aromatic rings. The van der Waals surface area contributed by atoms with Gasteiger partial charge in [0.1, 0.15) is 0 Å². The van der Waals surface area contributed by atoms with Gasteiger partial charge in [0.25, 0.3) is 0 Å². The number of likely N-dealkylation sites (tertiary alicyclic amines) is 1. The molecule has 1 aliphatic heterocycles. The molecule has 130 valence electrons. The number of pyridine rings is 1. The molecule has 0 aliphatic carbocycles. The summed E-state index contributed by atoms with van der Waals surface area (Å²) in [6.07, 6.45) is 7.91. The lowest BCUT2D eigenvalue weighted by atomic mass is 10.2. The first kappa shape index (κ1) is 16.5. The van der Waals surface area contributed by atoms with Crippen LogP contribution in [0, 0.1) is 0 Å². The zero-order valence-electron chi connectivity index (χ0n) is 14.5. The summed E-state index contributed by atoms with van der Waals surface area (Å²) >= 11 is 0. The highest BCUT2D eigenvalue weighted by atomic mass is 16.2. The lowest BCUT2D eigenvalue weighted by molar-refractivity contribution is 0.222. The molecule has 0 bridgehead atoms. The van der Waals surface area contributed by atoms with Gasteiger partial charge in [-0.1, -0.05) is 13.3 Å². The number of aromatic nitrogens is 3. The van der Waals surface area contributed by atoms with E-state index in [1.54, 1.807) is 6.20 Å². The van der Waals surface area contributed by atoms with Crippen LogP contribution in [-0.4, -0.2) is 45.3 Å². The van der Waals surface area contributed by atoms with Gasteiger partial charge in [-0.15, -0.1) is 0 Å². The van der Waals surface area contributed by atoms with E-state index in [1.807, 2.05) is 22.7 Å². The van der Waals surface area contributed by atoms with E-state index in [1.165, 1.54) is 0 Å². The lowest BCUT2D eigenvalue weighted by Crippen LogP contribution is -2.32. The van der Waals surface area contributed by atoms with Gasteiger partial charge in [0.2, 0.25) is 0 Å². The predicted molar refractivity (Wildman–Crippen MR) is 96.4 cm³/mol. The zero-order valence-corrected chi connectivity index (χ0v) is 14.5. The number of nitrogens with zero attached hydrogens (tertiary/aromatic N) is 4. The minimum Gasteiger partial charge on any atom is -0.383 e. The Labute approximate surface area is 142 Å². The van der Waals surface area contributed by atoms with E-state index in [-0.39, 0.29) is 6.03 Å². The number of fused-ring (bicyclic) bond motifs is 1. The molecule has 1 aliphatic rings. The second kappa shape index (κ2) is 7.51. The molecule has 7 heteroatoms. The molecule has 0 radical (unpaired) electrons. The van der Waals surface area contributed by atoms with Gasteiger partial charge in [-0.05, 0) is 26.2 Å². The fraction of sp³-hybridized carbons (Fsp3) is 0.588. The summed E-state index contributed by atoms with van der Waals surface area (Å²) in [6, 6.07) is -0.0462. The summed E-state index contributed by atoms with van der Waals surface area (Å²) < 4.78 is 1.87. The van der Waals surface area contributed by atoms with Crippen LogP contribution in [0.25, 0.3) is 11.0 Å². The second-order valence-electron chi connectivity index (χ2n) is 6.15. The average molecular weight is 330 g/mol. The smallest absolute Gasteiger partial charge is 0.321 e. The van der Waals surface area contributed by atoms with E-state index in [4.69, 9.17) is 0 Å². The van der Waals surface area contributed by atoms with Gasteiger partial charge >= 0.3 is 6.03 Å². The summed E-state index contributed by atoms with van der Waals surface area (Å²) in [5.41, 5.74) is 2.49. The van der Waals surface area contributed by atoms with E-state index in [9.17, 15) is 4.79 Å². The van der Waals surface area contributed by atoms with Gasteiger partial charge in [0.05, 0.1) is 29.2 Å². The van der Waals surface area contributed by atoms with Gasteiger partial charge in [-0.2, -0.15) is 5.10 Å². The summed E-state index contributed by atoms with van der Waals surface area (Å²) in [6.45, 7) is 7.49. The maximum Gasteiger partial charge on any atom is 0.321 e. The highest BCUT2D eigenvalue weighted by molar-refractivity contribution is 6.01. The minimum atomic E-state index is -0.0462. The van der Waals surface area contributed by atoms with Crippen LogP contribution < -0.4 is 10.6 Å². The molecule has 2 amide bonds. The van der Waals surface area contributed by atoms with Crippen molar-refractivity contribution in [1.29, 1.82) is 0 Å². The van der Waals surface area contributed by atoms with Gasteiger partial charge in [-0.25, -0.2) is 14.5 Å². The predicted octanol–water partition coefficient (Wildman–Crippen LogP) is 3.29. The van der Waals surface area contributed by atoms with Crippen molar-refractivity contribution in [3.63, 3.8) is 0 Å². The van der Waals surface area contributed by atoms with Crippen LogP contribution in [0.2, 0.25) is 0 Å². The van der Waals surface area contributed by atoms with Crippen LogP contribution in [0.5, 0.6) is 0 Å². The molecule has 3 rings (SSSR count). The average Bonchev–Trinajstić information content (AvgIpc) is 3.25. The van der Waals surface area contributed by atoms with Crippen molar-refractivity contribution in [3.05, 3.63) is 12.4 Å². The van der Waals surface area contributed by atoms with Crippen molar-refractivity contribution in [3.8, 4) is 0 Å². The van der Waals surface area contributed by atoms with Crippen molar-refractivity contribution in [2.45, 2.75) is 46.1 Å². The number of aryl methyl sites for hydroxylation is 1. The molecule has 2 N–H and O–H groups in total. The van der Waals surface area contributed by atoms with E-state index >= 15 is 0 Å². The van der Waals surface area contributed by atoms with Crippen molar-refractivity contribution in [2.24, 2.45) is 0 Å². The summed E-state index contributed by atoms with van der Waals surface area (Å²) in [5.74, 6) is 0. The third-order valence-corrected chi connectivity index (χ3v) is 4.43. The maximum absolute atomic E-state index is 12.4. The Morgan fingerprint density at radius 1 is 1.25 bits per heavy atom. The number of rotatable bonds is 6. The molecule has 0 spiro atoms. The molecule has 0 atom stereocenters. The highest BCUT2D eigenvalue weighted by Gasteiger charge is 2.20. The number of urea groups is 1. The largest absolute Gasteiger partial charge is 0.383 e. The molecule has 2 aromatic heterocycles. The quantitative estimate of drug-likeness (QED) is 0.797. The van der Waals surface area contributed by atoms with E-state index in [2.05, 4.69) is 27.6 Å². The Kier molecular flexibility index (Phi) is 5.17. The topological polar surface area (TPSA) is 75.1 Å². The fourth-order valence-corrected chi connectivity index (χ4v) is 3.05. The van der Waals surface area contributed by atoms with Gasteiger partial charge in [0.15, 0.2) is 5.65 Å². The van der Waals surface area contributed by atoms with Crippen LogP contribution in [0.15, 0.2) is 12.4 Å². The lowest BCUT2D eigenvalue weighted by Gasteiger charge is -2.19. The SMILES string of the molecule is CCCCNc1c(NC(=O)N2CCCC2)cnc2c1cnn2CC. The molecule has 1 saturated heterocycles. The Morgan fingerprint density at radius 2 is 2.04 bits per heavy atom. The number of carbonyl (C=O) groups is 1. The maximum atomic E-state index is 12.4. The van der Waals surface area contributed by atoms with Gasteiger partial charge < -0.3 is 15.5 Å². The molecular weight excluding hydrogens is 304 g/mol. The number of amides is 2. The number of carbonyl (C=O) groups excluding carboxylic acids is 1. The van der Waals surface area contributed by atoms with Crippen molar-refractivity contribution < 1.29 is 4.79 Å². The molecular formula is C17H26N6O. The van der Waals surface area contributed by atoms with Crippen LogP contribution in [-0.2, 0) is 6.54 Å². The van der Waals surface area contributed by atoms with Crippen LogP contribution >= 0.6 is 0 Å². The molecule has 3 heterocycles. The summed E-state index contributed by atoms with van der Waals surface area (Å²) in [7, 11) is 0. The number of anilines is 2. The van der Waals surface area contributed by atoms with Crippen LogP contribution in [0.4, 0.5) is 16.2 Å². The fourth-order valence-electron chi connectivity index (χ4n) is 3.05. The first-order valence-electron chi connectivity index (χ1n) is 8.89. The molecule has 24 heavy (non-hydrogen) atoms. The minimum absolute atomic E-state index is 0.0462. The standard InChI is InChI=1S/C17H26N6O/c1-3-5-8-18-15-13-11-20-23(4-2)16(13)19-12-14(15)21-17(24)22-9-6-7-10-22/h11-12H,3-10H2,1-2H3,(H,18,19)(H,21,24). The van der Waals surface area contributed by atoms with Crippen LogP contribution in [0.1, 0.15) is 39.5 Å². The zero-order chi connectivity index (χ0) is 16.9. The third-order valence-electron chi connectivity index (χ3n) is 4.43. The van der Waals surface area contributed by atoms with Gasteiger partial charge in [0, 0.05) is 26.2 Å². The monoisotopic (exact) mass is 330 g/mol. The first-order valence-corrected chi connectivity index (χ1v) is 8.89. The van der Waals surface area contributed by atoms with Crippen molar-refractivity contribution in [1.82, 2.24) is 19.7 Å². The Bertz CT molecular complexity index is 704. The highest BCUT2D eigenvalue weighted by Crippen LogP contribution is 2.30. The van der Waals surface area contributed by atoms with Crippen molar-refractivity contribution in [2.75, 3.05) is 30.3 Å². The molecule has 0 saturated carbocycles. The number of nitrogens with one attached hydrogen (secondary N) is 2. The Morgan fingerprint density at radius 3 is 2.75 bits per heavy atom. The summed E-state index contributed by atoms with van der Waals surface area (Å²) in [5, 5.41) is 11.8. The first-order chi connectivity index (χ1) is 11.7. The normalized spacial score (nSPS) is 14.3. The molecule has 0 aromatic carbocycles. The van der Waals surface area contributed by atoms with E-state index in [0.717, 1.165) is 74.3 Å². The van der Waals surface area contributed by atoms with Crippen molar-refractivity contribution >= 4 is 28.4 Å². The third kappa shape index (κ3) is 3.29. The molecule has 1 fully saturated rings. The molecule has 7 nitrogen and oxygen atoms in total. The Hall–Kier alpha value is -2.31. The second-order valence-corrected chi connectivity index (χ2v) is 6.15. The van der Waals surface area contributed by atoms with E-state index in [0.29, 0.717) is 0 Å². The summed E-state index contributed by atoms with van der Waals surface area (Å²) in [4.78, 5) is 18.8.